The second-order valence-corrected chi connectivity index (χ2v) is 10.7. The number of fused-ring (bicyclic) bond motifs is 5. The molecule has 162 valence electrons. The highest BCUT2D eigenvalue weighted by molar-refractivity contribution is 7.88. The molecule has 2 bridgehead atoms. The van der Waals surface area contributed by atoms with Crippen molar-refractivity contribution < 1.29 is 17.9 Å². The zero-order valence-electron chi connectivity index (χ0n) is 17.6. The van der Waals surface area contributed by atoms with E-state index in [1.54, 1.807) is 0 Å². The predicted octanol–water partition coefficient (Wildman–Crippen LogP) is 2.81. The smallest absolute Gasteiger partial charge is 0.209 e. The Balaban J connectivity index is 1.57. The van der Waals surface area contributed by atoms with E-state index in [0.29, 0.717) is 19.1 Å². The first-order valence-corrected chi connectivity index (χ1v) is 12.8. The first kappa shape index (κ1) is 21.1. The lowest BCUT2D eigenvalue weighted by atomic mass is 9.82. The van der Waals surface area contributed by atoms with Crippen LogP contribution in [0.4, 0.5) is 0 Å². The molecule has 1 aromatic rings. The maximum absolute atomic E-state index is 11.9. The van der Waals surface area contributed by atoms with Crippen molar-refractivity contribution in [1.82, 2.24) is 9.62 Å². The van der Waals surface area contributed by atoms with Gasteiger partial charge in [0.2, 0.25) is 10.0 Å². The normalized spacial score (nSPS) is 31.5. The molecule has 4 aliphatic rings. The predicted molar refractivity (Wildman–Crippen MR) is 114 cm³/mol. The number of rotatable bonds is 2. The molecule has 6 nitrogen and oxygen atoms in total. The standard InChI is InChI=1S/C22H34N2O4S/c1-16-5-10-19-17-6-8-18(9-7-17)28-15-21-20(23-29(2,25)26)4-3-11-24(21)12-13-27-22(19)14-16/h5,10,14,17-18,20-21,23H,3-4,6-9,11-13,15H2,1-2H3/t17?,18?,20-,21?/m0/s1. The zero-order chi connectivity index (χ0) is 20.4. The highest BCUT2D eigenvalue weighted by atomic mass is 32.2. The van der Waals surface area contributed by atoms with Gasteiger partial charge >= 0.3 is 0 Å². The minimum absolute atomic E-state index is 0.0533. The SMILES string of the molecule is Cc1ccc2c(c1)OCCN1CCC[C@H](NS(C)(=O)=O)C1COC1CCC2CC1. The summed E-state index contributed by atoms with van der Waals surface area (Å²) in [4.78, 5) is 2.35. The lowest BCUT2D eigenvalue weighted by Gasteiger charge is -2.41. The van der Waals surface area contributed by atoms with Gasteiger partial charge in [0.05, 0.1) is 19.0 Å². The largest absolute Gasteiger partial charge is 0.492 e. The monoisotopic (exact) mass is 422 g/mol. The summed E-state index contributed by atoms with van der Waals surface area (Å²) in [6, 6.07) is 6.54. The minimum atomic E-state index is -3.25. The molecule has 3 heterocycles. The topological polar surface area (TPSA) is 67.9 Å². The van der Waals surface area contributed by atoms with E-state index in [4.69, 9.17) is 9.47 Å². The second-order valence-electron chi connectivity index (χ2n) is 8.94. The van der Waals surface area contributed by atoms with E-state index in [2.05, 4.69) is 34.7 Å². The third kappa shape index (κ3) is 5.32. The van der Waals surface area contributed by atoms with Crippen molar-refractivity contribution in [3.63, 3.8) is 0 Å². The number of hydrogen-bond acceptors (Lipinski definition) is 5. The lowest BCUT2D eigenvalue weighted by Crippen LogP contribution is -2.58. The van der Waals surface area contributed by atoms with Gasteiger partial charge in [-0.25, -0.2) is 13.1 Å². The van der Waals surface area contributed by atoms with Crippen LogP contribution in [0.25, 0.3) is 0 Å². The number of nitrogens with zero attached hydrogens (tertiary/aromatic N) is 1. The fourth-order valence-electron chi connectivity index (χ4n) is 5.19. The Morgan fingerprint density at radius 1 is 1.10 bits per heavy atom. The molecule has 5 rings (SSSR count). The average Bonchev–Trinajstić information content (AvgIpc) is 2.68. The van der Waals surface area contributed by atoms with Crippen molar-refractivity contribution in [3.8, 4) is 5.75 Å². The number of nitrogens with one attached hydrogen (secondary N) is 1. The summed E-state index contributed by atoms with van der Waals surface area (Å²) in [5.41, 5.74) is 2.55. The molecule has 1 aliphatic carbocycles. The number of aryl methyl sites for hydroxylation is 1. The molecule has 2 fully saturated rings. The molecule has 1 saturated heterocycles. The summed E-state index contributed by atoms with van der Waals surface area (Å²) in [7, 11) is -3.25. The highest BCUT2D eigenvalue weighted by Gasteiger charge is 2.35. The van der Waals surface area contributed by atoms with Crippen molar-refractivity contribution in [1.29, 1.82) is 0 Å². The molecule has 0 amide bonds. The van der Waals surface area contributed by atoms with Crippen molar-refractivity contribution in [2.24, 2.45) is 0 Å². The number of ether oxygens (including phenoxy) is 2. The van der Waals surface area contributed by atoms with E-state index >= 15 is 0 Å². The van der Waals surface area contributed by atoms with E-state index < -0.39 is 10.0 Å². The summed E-state index contributed by atoms with van der Waals surface area (Å²) in [5, 5.41) is 0. The van der Waals surface area contributed by atoms with Crippen LogP contribution in [0.1, 0.15) is 55.6 Å². The van der Waals surface area contributed by atoms with Gasteiger partial charge in [-0.3, -0.25) is 4.90 Å². The van der Waals surface area contributed by atoms with Crippen LogP contribution < -0.4 is 9.46 Å². The lowest BCUT2D eigenvalue weighted by molar-refractivity contribution is -0.0284. The molecular formula is C22H34N2O4S. The van der Waals surface area contributed by atoms with Crippen LogP contribution in [0.15, 0.2) is 18.2 Å². The Kier molecular flexibility index (Phi) is 6.49. The van der Waals surface area contributed by atoms with Gasteiger partial charge < -0.3 is 9.47 Å². The van der Waals surface area contributed by atoms with Gasteiger partial charge in [-0.1, -0.05) is 12.1 Å². The Morgan fingerprint density at radius 3 is 2.66 bits per heavy atom. The van der Waals surface area contributed by atoms with Crippen molar-refractivity contribution in [2.45, 2.75) is 69.6 Å². The van der Waals surface area contributed by atoms with Gasteiger partial charge in [0.15, 0.2) is 0 Å². The maximum atomic E-state index is 11.9. The molecule has 1 unspecified atom stereocenters. The molecule has 0 spiro atoms. The summed E-state index contributed by atoms with van der Waals surface area (Å²) in [5.74, 6) is 1.56. The molecule has 3 aliphatic heterocycles. The van der Waals surface area contributed by atoms with E-state index in [1.165, 1.54) is 17.4 Å². The van der Waals surface area contributed by atoms with Crippen LogP contribution in [0.3, 0.4) is 0 Å². The van der Waals surface area contributed by atoms with E-state index in [1.807, 2.05) is 0 Å². The first-order chi connectivity index (χ1) is 13.9. The fraction of sp³-hybridized carbons (Fsp3) is 0.727. The maximum Gasteiger partial charge on any atom is 0.209 e. The van der Waals surface area contributed by atoms with E-state index in [0.717, 1.165) is 57.4 Å². The van der Waals surface area contributed by atoms with Crippen LogP contribution in [0.5, 0.6) is 5.75 Å². The van der Waals surface area contributed by atoms with E-state index in [-0.39, 0.29) is 18.2 Å². The van der Waals surface area contributed by atoms with Crippen LogP contribution in [0, 0.1) is 6.92 Å². The molecule has 7 heteroatoms. The Bertz CT molecular complexity index is 805. The third-order valence-electron chi connectivity index (χ3n) is 6.68. The summed E-state index contributed by atoms with van der Waals surface area (Å²) >= 11 is 0. The average molecular weight is 423 g/mol. The van der Waals surface area contributed by atoms with Crippen molar-refractivity contribution >= 4 is 10.0 Å². The number of piperidine rings is 1. The summed E-state index contributed by atoms with van der Waals surface area (Å²) < 4.78 is 39.3. The Hall–Kier alpha value is -1.15. The van der Waals surface area contributed by atoms with Crippen LogP contribution in [-0.4, -0.2) is 64.1 Å². The molecular weight excluding hydrogens is 388 g/mol. The van der Waals surface area contributed by atoms with Crippen LogP contribution in [-0.2, 0) is 14.8 Å². The number of sulfonamides is 1. The van der Waals surface area contributed by atoms with Gasteiger partial charge in [-0.05, 0) is 75.1 Å². The fourth-order valence-corrected chi connectivity index (χ4v) is 6.02. The minimum Gasteiger partial charge on any atom is -0.492 e. The Labute approximate surface area is 175 Å². The van der Waals surface area contributed by atoms with Gasteiger partial charge in [0, 0.05) is 18.6 Å². The number of hydrogen-bond donors (Lipinski definition) is 1. The second kappa shape index (κ2) is 8.92. The third-order valence-corrected chi connectivity index (χ3v) is 7.41. The molecule has 1 aromatic carbocycles. The number of benzene rings is 1. The summed E-state index contributed by atoms with van der Waals surface area (Å²) in [6.45, 7) is 5.02. The summed E-state index contributed by atoms with van der Waals surface area (Å²) in [6.07, 6.45) is 7.68. The van der Waals surface area contributed by atoms with E-state index in [9.17, 15) is 8.42 Å². The molecule has 1 saturated carbocycles. The van der Waals surface area contributed by atoms with Crippen molar-refractivity contribution in [2.75, 3.05) is 32.6 Å². The van der Waals surface area contributed by atoms with Crippen LogP contribution in [0.2, 0.25) is 0 Å². The first-order valence-electron chi connectivity index (χ1n) is 11.0. The molecule has 1 N–H and O–H groups in total. The van der Waals surface area contributed by atoms with Crippen molar-refractivity contribution in [3.05, 3.63) is 29.3 Å². The van der Waals surface area contributed by atoms with Gasteiger partial charge in [0.1, 0.15) is 12.4 Å². The highest BCUT2D eigenvalue weighted by Crippen LogP contribution is 2.39. The molecule has 0 radical (unpaired) electrons. The van der Waals surface area contributed by atoms with Gasteiger partial charge in [-0.15, -0.1) is 0 Å². The van der Waals surface area contributed by atoms with Crippen LogP contribution >= 0.6 is 0 Å². The van der Waals surface area contributed by atoms with Gasteiger partial charge in [0.25, 0.3) is 0 Å². The molecule has 29 heavy (non-hydrogen) atoms. The quantitative estimate of drug-likeness (QED) is 0.794. The Morgan fingerprint density at radius 2 is 1.90 bits per heavy atom. The molecule has 2 atom stereocenters. The molecule has 0 aromatic heterocycles. The zero-order valence-corrected chi connectivity index (χ0v) is 18.4. The van der Waals surface area contributed by atoms with Gasteiger partial charge in [-0.2, -0.15) is 0 Å².